The lowest BCUT2D eigenvalue weighted by molar-refractivity contribution is -0.150. The van der Waals surface area contributed by atoms with Crippen molar-refractivity contribution in [1.29, 1.82) is 0 Å². The number of likely N-dealkylation sites (tertiary alicyclic amines) is 1. The maximum atomic E-state index is 14.4. The molecule has 0 aliphatic carbocycles. The molecular weight excluding hydrogens is 697 g/mol. The Labute approximate surface area is 324 Å². The van der Waals surface area contributed by atoms with E-state index in [-0.39, 0.29) is 61.8 Å². The number of nitrogens with zero attached hydrogens (tertiary/aromatic N) is 1. The number of hydrogen-bond acceptors (Lipinski definition) is 8. The Morgan fingerprint density at radius 1 is 0.800 bits per heavy atom. The molecule has 0 radical (unpaired) electrons. The van der Waals surface area contributed by atoms with Gasteiger partial charge in [-0.2, -0.15) is 0 Å². The van der Waals surface area contributed by atoms with E-state index in [9.17, 15) is 19.5 Å². The van der Waals surface area contributed by atoms with Crippen molar-refractivity contribution >= 4 is 17.8 Å². The molecule has 0 bridgehead atoms. The van der Waals surface area contributed by atoms with Gasteiger partial charge in [-0.25, -0.2) is 0 Å². The number of esters is 1. The number of methoxy groups -OCH3 is 2. The molecule has 2 unspecified atom stereocenters. The van der Waals surface area contributed by atoms with Gasteiger partial charge in [0, 0.05) is 25.5 Å². The number of ether oxygens (including phenoxy) is 4. The van der Waals surface area contributed by atoms with E-state index in [1.54, 1.807) is 25.2 Å². The molecule has 292 valence electrons. The number of amides is 2. The summed E-state index contributed by atoms with van der Waals surface area (Å²) in [6.45, 7) is 8.61. The van der Waals surface area contributed by atoms with Crippen LogP contribution in [0.4, 0.5) is 0 Å². The minimum Gasteiger partial charge on any atom is -0.508 e. The van der Waals surface area contributed by atoms with E-state index in [0.29, 0.717) is 23.5 Å². The topological polar surface area (TPSA) is 124 Å². The Hall–Kier alpha value is -5.35. The largest absolute Gasteiger partial charge is 0.508 e. The summed E-state index contributed by atoms with van der Waals surface area (Å²) in [5.41, 5.74) is 4.10. The van der Waals surface area contributed by atoms with Crippen LogP contribution < -0.4 is 14.8 Å². The quantitative estimate of drug-likeness (QED) is 0.0908. The molecule has 2 amide bonds. The first-order chi connectivity index (χ1) is 26.4. The van der Waals surface area contributed by atoms with Crippen molar-refractivity contribution in [2.75, 3.05) is 34.4 Å². The van der Waals surface area contributed by atoms with Crippen molar-refractivity contribution in [3.05, 3.63) is 124 Å². The van der Waals surface area contributed by atoms with Gasteiger partial charge in [-0.3, -0.25) is 14.4 Å². The highest BCUT2D eigenvalue weighted by atomic mass is 16.5. The number of hydrogen-bond donors (Lipinski definition) is 2. The van der Waals surface area contributed by atoms with Gasteiger partial charge in [-0.15, -0.1) is 0 Å². The van der Waals surface area contributed by atoms with E-state index in [1.807, 2.05) is 84.9 Å². The molecule has 2 atom stereocenters. The molecule has 55 heavy (non-hydrogen) atoms. The van der Waals surface area contributed by atoms with Gasteiger partial charge < -0.3 is 34.3 Å². The number of benzene rings is 4. The average molecular weight is 751 g/mol. The lowest BCUT2D eigenvalue weighted by Crippen LogP contribution is -2.43. The lowest BCUT2D eigenvalue weighted by atomic mass is 9.80. The smallest absolute Gasteiger partial charge is 0.306 e. The van der Waals surface area contributed by atoms with Crippen molar-refractivity contribution < 1.29 is 38.4 Å². The molecule has 10 nitrogen and oxygen atoms in total. The third-order valence-electron chi connectivity index (χ3n) is 10.4. The van der Waals surface area contributed by atoms with Gasteiger partial charge in [0.1, 0.15) is 29.0 Å². The maximum Gasteiger partial charge on any atom is 0.306 e. The summed E-state index contributed by atoms with van der Waals surface area (Å²) in [5, 5.41) is 13.7. The van der Waals surface area contributed by atoms with Crippen LogP contribution in [-0.4, -0.2) is 74.4 Å². The van der Waals surface area contributed by atoms with Crippen LogP contribution in [0.15, 0.2) is 91.0 Å². The monoisotopic (exact) mass is 750 g/mol. The second-order valence-electron chi connectivity index (χ2n) is 14.6. The highest BCUT2D eigenvalue weighted by molar-refractivity contribution is 5.82. The van der Waals surface area contributed by atoms with Crippen molar-refractivity contribution in [2.24, 2.45) is 0 Å². The third kappa shape index (κ3) is 9.49. The highest BCUT2D eigenvalue weighted by Crippen LogP contribution is 2.43. The number of phenolic OH excluding ortho intramolecular Hbond substituents is 1. The Morgan fingerprint density at radius 2 is 1.35 bits per heavy atom. The fourth-order valence-corrected chi connectivity index (χ4v) is 7.38. The van der Waals surface area contributed by atoms with Gasteiger partial charge in [0.2, 0.25) is 11.8 Å². The van der Waals surface area contributed by atoms with E-state index in [1.165, 1.54) is 7.05 Å². The van der Waals surface area contributed by atoms with Crippen LogP contribution in [-0.2, 0) is 35.9 Å². The molecule has 1 fully saturated rings. The zero-order chi connectivity index (χ0) is 39.7. The van der Waals surface area contributed by atoms with Crippen molar-refractivity contribution in [2.45, 2.75) is 83.0 Å². The first-order valence-corrected chi connectivity index (χ1v) is 18.9. The van der Waals surface area contributed by atoms with E-state index in [4.69, 9.17) is 18.9 Å². The van der Waals surface area contributed by atoms with Gasteiger partial charge in [0.05, 0.1) is 46.3 Å². The third-order valence-corrected chi connectivity index (χ3v) is 10.4. The molecule has 0 aromatic heterocycles. The van der Waals surface area contributed by atoms with Crippen LogP contribution in [0.2, 0.25) is 0 Å². The van der Waals surface area contributed by atoms with Crippen LogP contribution in [0.5, 0.6) is 17.2 Å². The molecule has 4 aromatic rings. The lowest BCUT2D eigenvalue weighted by Gasteiger charge is -2.38. The molecule has 0 spiro atoms. The fraction of sp³-hybridized carbons (Fsp3) is 0.400. The minimum atomic E-state index is -1.13. The zero-order valence-electron chi connectivity index (χ0n) is 33.0. The normalized spacial score (nSPS) is 15.6. The summed E-state index contributed by atoms with van der Waals surface area (Å²) in [4.78, 5) is 40.8. The molecule has 2 N–H and O–H groups in total. The van der Waals surface area contributed by atoms with Crippen LogP contribution in [0.25, 0.3) is 0 Å². The predicted molar refractivity (Wildman–Crippen MR) is 212 cm³/mol. The molecule has 5 rings (SSSR count). The number of carbonyl (C=O) groups is 3. The number of carbonyl (C=O) groups excluding carboxylic acids is 3. The molecule has 1 aliphatic heterocycles. The Morgan fingerprint density at radius 3 is 1.87 bits per heavy atom. The fourth-order valence-electron chi connectivity index (χ4n) is 7.38. The van der Waals surface area contributed by atoms with E-state index >= 15 is 0 Å². The maximum absolute atomic E-state index is 14.4. The zero-order valence-corrected chi connectivity index (χ0v) is 33.0. The summed E-state index contributed by atoms with van der Waals surface area (Å²) in [6.07, 6.45) is -0.414. The van der Waals surface area contributed by atoms with Crippen molar-refractivity contribution in [1.82, 2.24) is 10.2 Å². The average Bonchev–Trinajstić information content (AvgIpc) is 3.60. The van der Waals surface area contributed by atoms with Crippen molar-refractivity contribution in [3.8, 4) is 17.2 Å². The standard InChI is InChI=1S/C45H54N2O8/c1-29(2)39-23-31(41(48)26-40(39)30(3)4)24-43(50)47-27-38(55-44(51)22-21-42(49)46-5)25-35(47)28-54-45(32-11-9-8-10-12-32,33-13-17-36(52-6)18-14-33)34-15-19-37(53-7)20-16-34/h8-20,23,26,29-30,35,38,48H,21-22,24-25,27-28H2,1-7H3,(H,46,49). The van der Waals surface area contributed by atoms with Crippen LogP contribution in [0, 0.1) is 0 Å². The molecule has 1 saturated heterocycles. The second-order valence-corrected chi connectivity index (χ2v) is 14.6. The van der Waals surface area contributed by atoms with Crippen LogP contribution >= 0.6 is 0 Å². The van der Waals surface area contributed by atoms with Crippen molar-refractivity contribution in [3.63, 3.8) is 0 Å². The summed E-state index contributed by atoms with van der Waals surface area (Å²) in [7, 11) is 4.76. The first-order valence-electron chi connectivity index (χ1n) is 18.9. The van der Waals surface area contributed by atoms with Crippen LogP contribution in [0.1, 0.15) is 92.2 Å². The van der Waals surface area contributed by atoms with Gasteiger partial charge in [-0.05, 0) is 70.0 Å². The number of phenols is 1. The molecule has 1 aliphatic rings. The Balaban J connectivity index is 1.53. The van der Waals surface area contributed by atoms with Gasteiger partial charge in [0.15, 0.2) is 0 Å². The first kappa shape index (κ1) is 40.8. The Bertz CT molecular complexity index is 1860. The van der Waals surface area contributed by atoms with Gasteiger partial charge in [-0.1, -0.05) is 88.4 Å². The summed E-state index contributed by atoms with van der Waals surface area (Å²) in [6, 6.07) is 28.6. The van der Waals surface area contributed by atoms with Crippen LogP contribution in [0.3, 0.4) is 0 Å². The predicted octanol–water partition coefficient (Wildman–Crippen LogP) is 7.25. The van der Waals surface area contributed by atoms with E-state index < -0.39 is 23.7 Å². The summed E-state index contributed by atoms with van der Waals surface area (Å²) in [5.74, 6) is 0.866. The summed E-state index contributed by atoms with van der Waals surface area (Å²) < 4.78 is 24.1. The highest BCUT2D eigenvalue weighted by Gasteiger charge is 2.43. The molecule has 1 heterocycles. The number of nitrogens with one attached hydrogen (secondary N) is 1. The number of rotatable bonds is 16. The SMILES string of the molecule is CNC(=O)CCC(=O)OC1CC(COC(c2ccccc2)(c2ccc(OC)cc2)c2ccc(OC)cc2)N(C(=O)Cc2cc(C(C)C)c(C(C)C)cc2O)C1. The van der Waals surface area contributed by atoms with Gasteiger partial charge >= 0.3 is 5.97 Å². The Kier molecular flexibility index (Phi) is 13.6. The number of aromatic hydroxyl groups is 1. The molecule has 10 heteroatoms. The molecule has 4 aromatic carbocycles. The second kappa shape index (κ2) is 18.3. The summed E-state index contributed by atoms with van der Waals surface area (Å²) >= 11 is 0. The van der Waals surface area contributed by atoms with E-state index in [2.05, 4.69) is 33.0 Å². The van der Waals surface area contributed by atoms with E-state index in [0.717, 1.165) is 27.8 Å². The minimum absolute atomic E-state index is 0.00435. The molecule has 0 saturated carbocycles. The molecular formula is C45H54N2O8. The van der Waals surface area contributed by atoms with Gasteiger partial charge in [0.25, 0.3) is 0 Å².